The molecule has 0 heterocycles. The molecule has 2 rings (SSSR count). The summed E-state index contributed by atoms with van der Waals surface area (Å²) in [6.07, 6.45) is 9.05. The van der Waals surface area contributed by atoms with Crippen molar-refractivity contribution in [2.45, 2.75) is 58.9 Å². The van der Waals surface area contributed by atoms with Crippen molar-refractivity contribution in [1.82, 2.24) is 5.32 Å². The Labute approximate surface area is 118 Å². The highest BCUT2D eigenvalue weighted by Crippen LogP contribution is 2.20. The van der Waals surface area contributed by atoms with Crippen molar-refractivity contribution < 1.29 is 0 Å². The van der Waals surface area contributed by atoms with E-state index in [0.717, 1.165) is 6.54 Å². The molecule has 0 amide bonds. The number of hydrogen-bond acceptors (Lipinski definition) is 1. The summed E-state index contributed by atoms with van der Waals surface area (Å²) in [5.74, 6) is 0. The molecule has 0 spiro atoms. The Morgan fingerprint density at radius 2 is 2.00 bits per heavy atom. The van der Waals surface area contributed by atoms with Crippen molar-refractivity contribution in [3.63, 3.8) is 0 Å². The van der Waals surface area contributed by atoms with E-state index in [2.05, 4.69) is 50.4 Å². The van der Waals surface area contributed by atoms with Crippen LogP contribution >= 0.6 is 0 Å². The van der Waals surface area contributed by atoms with Gasteiger partial charge in [-0.3, -0.25) is 0 Å². The van der Waals surface area contributed by atoms with Crippen molar-refractivity contribution in [3.05, 3.63) is 46.5 Å². The summed E-state index contributed by atoms with van der Waals surface area (Å²) < 4.78 is 0. The van der Waals surface area contributed by atoms with Gasteiger partial charge in [-0.25, -0.2) is 0 Å². The Morgan fingerprint density at radius 1 is 1.16 bits per heavy atom. The number of hydrogen-bond donors (Lipinski definition) is 1. The van der Waals surface area contributed by atoms with Crippen LogP contribution in [0.3, 0.4) is 0 Å². The lowest BCUT2D eigenvalue weighted by molar-refractivity contribution is 0.562. The zero-order chi connectivity index (χ0) is 13.7. The predicted octanol–water partition coefficient (Wildman–Crippen LogP) is 4.84. The highest BCUT2D eigenvalue weighted by atomic mass is 14.9. The number of aryl methyl sites for hydroxylation is 2. The number of nitrogens with one attached hydrogen (secondary N) is 1. The Balaban J connectivity index is 1.81. The Hall–Kier alpha value is -1.08. The lowest BCUT2D eigenvalue weighted by Crippen LogP contribution is -2.20. The van der Waals surface area contributed by atoms with E-state index in [-0.39, 0.29) is 0 Å². The van der Waals surface area contributed by atoms with Crippen LogP contribution in [-0.2, 0) is 0 Å². The van der Waals surface area contributed by atoms with Gasteiger partial charge in [-0.05, 0) is 76.1 Å². The van der Waals surface area contributed by atoms with Crippen molar-refractivity contribution in [1.29, 1.82) is 0 Å². The van der Waals surface area contributed by atoms with Crippen LogP contribution < -0.4 is 5.32 Å². The molecular formula is C18H27N. The van der Waals surface area contributed by atoms with Crippen molar-refractivity contribution in [2.24, 2.45) is 0 Å². The minimum Gasteiger partial charge on any atom is -0.310 e. The normalized spacial score (nSPS) is 17.1. The van der Waals surface area contributed by atoms with Gasteiger partial charge in [0, 0.05) is 6.04 Å². The van der Waals surface area contributed by atoms with Gasteiger partial charge in [0.1, 0.15) is 0 Å². The van der Waals surface area contributed by atoms with Crippen LogP contribution in [0, 0.1) is 13.8 Å². The monoisotopic (exact) mass is 257 g/mol. The second kappa shape index (κ2) is 6.91. The fourth-order valence-electron chi connectivity index (χ4n) is 2.73. The largest absolute Gasteiger partial charge is 0.310 e. The molecule has 0 aliphatic heterocycles. The van der Waals surface area contributed by atoms with Crippen LogP contribution in [0.2, 0.25) is 0 Å². The fourth-order valence-corrected chi connectivity index (χ4v) is 2.73. The molecular weight excluding hydrogens is 230 g/mol. The average Bonchev–Trinajstić information content (AvgIpc) is 2.43. The van der Waals surface area contributed by atoms with Gasteiger partial charge in [-0.1, -0.05) is 29.8 Å². The smallest absolute Gasteiger partial charge is 0.0292 e. The summed E-state index contributed by atoms with van der Waals surface area (Å²) in [5, 5.41) is 3.65. The zero-order valence-electron chi connectivity index (χ0n) is 12.6. The number of allylic oxidation sites excluding steroid dienone is 1. The third kappa shape index (κ3) is 4.21. The van der Waals surface area contributed by atoms with Gasteiger partial charge >= 0.3 is 0 Å². The van der Waals surface area contributed by atoms with Crippen LogP contribution in [0.1, 0.15) is 61.8 Å². The van der Waals surface area contributed by atoms with Gasteiger partial charge in [0.15, 0.2) is 0 Å². The Kier molecular flexibility index (Phi) is 5.21. The SMILES string of the molecule is Cc1ccc(C(C)NCCC2=CCCCC2)cc1C. The predicted molar refractivity (Wildman–Crippen MR) is 83.5 cm³/mol. The van der Waals surface area contributed by atoms with Gasteiger partial charge < -0.3 is 5.32 Å². The Morgan fingerprint density at radius 3 is 2.68 bits per heavy atom. The van der Waals surface area contributed by atoms with Gasteiger partial charge in [0.2, 0.25) is 0 Å². The standard InChI is InChI=1S/C18H27N/c1-14-9-10-18(13-15(14)2)16(3)19-12-11-17-7-5-4-6-8-17/h7,9-10,13,16,19H,4-6,8,11-12H2,1-3H3. The molecule has 1 aromatic carbocycles. The van der Waals surface area contributed by atoms with Crippen LogP contribution in [0.5, 0.6) is 0 Å². The third-order valence-corrected chi connectivity index (χ3v) is 4.31. The minimum atomic E-state index is 0.448. The quantitative estimate of drug-likeness (QED) is 0.744. The van der Waals surface area contributed by atoms with Gasteiger partial charge in [-0.15, -0.1) is 0 Å². The molecule has 0 radical (unpaired) electrons. The Bertz CT molecular complexity index is 445. The van der Waals surface area contributed by atoms with Gasteiger partial charge in [0.25, 0.3) is 0 Å². The highest BCUT2D eigenvalue weighted by molar-refractivity contribution is 5.31. The summed E-state index contributed by atoms with van der Waals surface area (Å²) >= 11 is 0. The van der Waals surface area contributed by atoms with Crippen molar-refractivity contribution >= 4 is 0 Å². The lowest BCUT2D eigenvalue weighted by Gasteiger charge is -2.17. The first-order valence-electron chi connectivity index (χ1n) is 7.65. The summed E-state index contributed by atoms with van der Waals surface area (Å²) in [6.45, 7) is 7.73. The highest BCUT2D eigenvalue weighted by Gasteiger charge is 2.07. The maximum absolute atomic E-state index is 3.65. The molecule has 1 nitrogen and oxygen atoms in total. The minimum absolute atomic E-state index is 0.448. The van der Waals surface area contributed by atoms with E-state index >= 15 is 0 Å². The third-order valence-electron chi connectivity index (χ3n) is 4.31. The van der Waals surface area contributed by atoms with E-state index in [1.54, 1.807) is 5.57 Å². The van der Waals surface area contributed by atoms with Crippen LogP contribution in [0.15, 0.2) is 29.8 Å². The summed E-state index contributed by atoms with van der Waals surface area (Å²) in [6, 6.07) is 7.24. The van der Waals surface area contributed by atoms with Crippen molar-refractivity contribution in [2.75, 3.05) is 6.54 Å². The molecule has 1 unspecified atom stereocenters. The second-order valence-corrected chi connectivity index (χ2v) is 5.88. The molecule has 1 atom stereocenters. The summed E-state index contributed by atoms with van der Waals surface area (Å²) in [7, 11) is 0. The molecule has 104 valence electrons. The van der Waals surface area contributed by atoms with Crippen LogP contribution in [0.25, 0.3) is 0 Å². The van der Waals surface area contributed by atoms with Gasteiger partial charge in [-0.2, -0.15) is 0 Å². The topological polar surface area (TPSA) is 12.0 Å². The van der Waals surface area contributed by atoms with Gasteiger partial charge in [0.05, 0.1) is 0 Å². The molecule has 0 bridgehead atoms. The first-order valence-corrected chi connectivity index (χ1v) is 7.65. The molecule has 1 aliphatic carbocycles. The summed E-state index contributed by atoms with van der Waals surface area (Å²) in [5.41, 5.74) is 5.83. The van der Waals surface area contributed by atoms with Crippen LogP contribution in [-0.4, -0.2) is 6.54 Å². The number of rotatable bonds is 5. The van der Waals surface area contributed by atoms with Crippen LogP contribution in [0.4, 0.5) is 0 Å². The maximum atomic E-state index is 3.65. The first-order chi connectivity index (χ1) is 9.16. The van der Waals surface area contributed by atoms with E-state index in [1.807, 2.05) is 0 Å². The molecule has 1 N–H and O–H groups in total. The lowest BCUT2D eigenvalue weighted by atomic mass is 9.97. The van der Waals surface area contributed by atoms with E-state index in [4.69, 9.17) is 0 Å². The van der Waals surface area contributed by atoms with E-state index in [9.17, 15) is 0 Å². The molecule has 0 saturated carbocycles. The maximum Gasteiger partial charge on any atom is 0.0292 e. The fraction of sp³-hybridized carbons (Fsp3) is 0.556. The molecule has 1 aliphatic rings. The van der Waals surface area contributed by atoms with E-state index < -0.39 is 0 Å². The van der Waals surface area contributed by atoms with E-state index in [0.29, 0.717) is 6.04 Å². The average molecular weight is 257 g/mol. The molecule has 1 heteroatoms. The summed E-state index contributed by atoms with van der Waals surface area (Å²) in [4.78, 5) is 0. The second-order valence-electron chi connectivity index (χ2n) is 5.88. The zero-order valence-corrected chi connectivity index (χ0v) is 12.6. The first kappa shape index (κ1) is 14.3. The molecule has 0 saturated heterocycles. The van der Waals surface area contributed by atoms with Crippen molar-refractivity contribution in [3.8, 4) is 0 Å². The van der Waals surface area contributed by atoms with E-state index in [1.165, 1.54) is 48.8 Å². The molecule has 0 aromatic heterocycles. The molecule has 1 aromatic rings. The number of benzene rings is 1. The molecule has 19 heavy (non-hydrogen) atoms. The molecule has 0 fully saturated rings.